The monoisotopic (exact) mass is 403 g/mol. The van der Waals surface area contributed by atoms with Gasteiger partial charge in [0.1, 0.15) is 18.5 Å². The number of hydrogen-bond acceptors (Lipinski definition) is 5. The van der Waals surface area contributed by atoms with E-state index in [4.69, 9.17) is 0 Å². The lowest BCUT2D eigenvalue weighted by Crippen LogP contribution is -2.25. The van der Waals surface area contributed by atoms with Gasteiger partial charge in [-0.15, -0.1) is 0 Å². The minimum atomic E-state index is -3.77. The molecule has 28 heavy (non-hydrogen) atoms. The van der Waals surface area contributed by atoms with E-state index in [9.17, 15) is 17.6 Å². The molecule has 0 atom stereocenters. The average molecular weight is 403 g/mol. The quantitative estimate of drug-likeness (QED) is 0.619. The fraction of sp³-hybridized carbons (Fsp3) is 0.167. The third-order valence-corrected chi connectivity index (χ3v) is 5.46. The van der Waals surface area contributed by atoms with Crippen LogP contribution < -0.4 is 10.0 Å². The normalized spacial score (nSPS) is 11.4. The van der Waals surface area contributed by atoms with Crippen LogP contribution in [0.15, 0.2) is 60.0 Å². The van der Waals surface area contributed by atoms with E-state index in [1.54, 1.807) is 11.0 Å². The summed E-state index contributed by atoms with van der Waals surface area (Å²) in [4.78, 5) is 16.0. The molecule has 2 aromatic carbocycles. The van der Waals surface area contributed by atoms with Crippen molar-refractivity contribution >= 4 is 15.9 Å². The molecule has 0 fully saturated rings. The summed E-state index contributed by atoms with van der Waals surface area (Å²) >= 11 is 0. The average Bonchev–Trinajstić information content (AvgIpc) is 3.20. The molecule has 0 aliphatic carbocycles. The lowest BCUT2D eigenvalue weighted by molar-refractivity contribution is 0.0946. The second-order valence-corrected chi connectivity index (χ2v) is 7.83. The van der Waals surface area contributed by atoms with Crippen LogP contribution in [0.2, 0.25) is 0 Å². The summed E-state index contributed by atoms with van der Waals surface area (Å²) in [6, 6.07) is 10.5. The molecule has 0 spiro atoms. The molecular weight excluding hydrogens is 385 g/mol. The molecule has 0 unspecified atom stereocenters. The topological polar surface area (TPSA) is 106 Å². The van der Waals surface area contributed by atoms with Crippen molar-refractivity contribution < 1.29 is 17.6 Å². The standard InChI is InChI=1S/C18H18FN5O3S/c1-20-28(26,27)15-6-7-17(19)16(8-15)18(25)22-9-13-2-4-14(5-3-13)10-24-12-21-11-23-24/h2-8,11-12,20H,9-10H2,1H3,(H,22,25). The fourth-order valence-electron chi connectivity index (χ4n) is 2.50. The summed E-state index contributed by atoms with van der Waals surface area (Å²) in [5, 5.41) is 6.63. The number of hydrogen-bond donors (Lipinski definition) is 2. The van der Waals surface area contributed by atoms with Gasteiger partial charge in [0, 0.05) is 6.54 Å². The number of aromatic nitrogens is 3. The molecule has 146 valence electrons. The first-order valence-corrected chi connectivity index (χ1v) is 9.79. The molecule has 3 aromatic rings. The van der Waals surface area contributed by atoms with E-state index in [1.807, 2.05) is 24.3 Å². The molecule has 0 aliphatic heterocycles. The third-order valence-electron chi connectivity index (χ3n) is 4.05. The highest BCUT2D eigenvalue weighted by atomic mass is 32.2. The highest BCUT2D eigenvalue weighted by Gasteiger charge is 2.18. The van der Waals surface area contributed by atoms with E-state index in [0.29, 0.717) is 6.54 Å². The summed E-state index contributed by atoms with van der Waals surface area (Å²) in [6.07, 6.45) is 3.07. The van der Waals surface area contributed by atoms with Gasteiger partial charge in [-0.2, -0.15) is 5.10 Å². The summed E-state index contributed by atoms with van der Waals surface area (Å²) in [6.45, 7) is 0.746. The second-order valence-electron chi connectivity index (χ2n) is 5.94. The Morgan fingerprint density at radius 1 is 1.14 bits per heavy atom. The van der Waals surface area contributed by atoms with Gasteiger partial charge in [-0.25, -0.2) is 27.2 Å². The predicted octanol–water partition coefficient (Wildman–Crippen LogP) is 1.30. The van der Waals surface area contributed by atoms with Crippen molar-refractivity contribution in [3.63, 3.8) is 0 Å². The molecular formula is C18H18FN5O3S. The Morgan fingerprint density at radius 2 is 1.86 bits per heavy atom. The molecule has 1 aromatic heterocycles. The largest absolute Gasteiger partial charge is 0.348 e. The predicted molar refractivity (Wildman–Crippen MR) is 99.4 cm³/mol. The molecule has 0 aliphatic rings. The Labute approximate surface area is 161 Å². The SMILES string of the molecule is CNS(=O)(=O)c1ccc(F)c(C(=O)NCc2ccc(Cn3cncn3)cc2)c1. The summed E-state index contributed by atoms with van der Waals surface area (Å²) in [7, 11) is -2.53. The van der Waals surface area contributed by atoms with Crippen LogP contribution >= 0.6 is 0 Å². The van der Waals surface area contributed by atoms with Crippen molar-refractivity contribution in [2.24, 2.45) is 0 Å². The molecule has 8 nitrogen and oxygen atoms in total. The van der Waals surface area contributed by atoms with E-state index in [2.05, 4.69) is 20.1 Å². The van der Waals surface area contributed by atoms with Gasteiger partial charge in [-0.05, 0) is 36.4 Å². The molecule has 1 amide bonds. The van der Waals surface area contributed by atoms with Gasteiger partial charge in [-0.3, -0.25) is 4.79 Å². The van der Waals surface area contributed by atoms with Crippen molar-refractivity contribution in [3.8, 4) is 0 Å². The van der Waals surface area contributed by atoms with Crippen molar-refractivity contribution in [2.45, 2.75) is 18.0 Å². The van der Waals surface area contributed by atoms with Crippen molar-refractivity contribution in [1.82, 2.24) is 24.8 Å². The maximum absolute atomic E-state index is 14.0. The minimum Gasteiger partial charge on any atom is -0.348 e. The van der Waals surface area contributed by atoms with Gasteiger partial charge in [0.2, 0.25) is 10.0 Å². The number of benzene rings is 2. The molecule has 0 saturated heterocycles. The van der Waals surface area contributed by atoms with E-state index < -0.39 is 21.7 Å². The number of rotatable bonds is 7. The zero-order valence-electron chi connectivity index (χ0n) is 15.0. The summed E-state index contributed by atoms with van der Waals surface area (Å²) < 4.78 is 41.5. The molecule has 3 rings (SSSR count). The van der Waals surface area contributed by atoms with Crippen molar-refractivity contribution in [2.75, 3.05) is 7.05 Å². The Hall–Kier alpha value is -3.11. The lowest BCUT2D eigenvalue weighted by Gasteiger charge is -2.09. The third kappa shape index (κ3) is 4.59. The Bertz CT molecular complexity index is 1070. The van der Waals surface area contributed by atoms with Crippen molar-refractivity contribution in [3.05, 3.63) is 77.6 Å². The maximum atomic E-state index is 14.0. The van der Waals surface area contributed by atoms with Crippen LogP contribution in [0.3, 0.4) is 0 Å². The number of amides is 1. The van der Waals surface area contributed by atoms with Gasteiger partial charge in [-0.1, -0.05) is 24.3 Å². The Balaban J connectivity index is 1.66. The van der Waals surface area contributed by atoms with Crippen LogP contribution in [0.4, 0.5) is 4.39 Å². The summed E-state index contributed by atoms with van der Waals surface area (Å²) in [5.74, 6) is -1.49. The molecule has 0 radical (unpaired) electrons. The highest BCUT2D eigenvalue weighted by molar-refractivity contribution is 7.89. The maximum Gasteiger partial charge on any atom is 0.254 e. The van der Waals surface area contributed by atoms with Crippen LogP contribution in [0, 0.1) is 5.82 Å². The first kappa shape index (κ1) is 19.6. The molecule has 10 heteroatoms. The van der Waals surface area contributed by atoms with Crippen LogP contribution in [0.5, 0.6) is 0 Å². The number of carbonyl (C=O) groups excluding carboxylic acids is 1. The minimum absolute atomic E-state index is 0.172. The zero-order chi connectivity index (χ0) is 20.1. The zero-order valence-corrected chi connectivity index (χ0v) is 15.8. The molecule has 2 N–H and O–H groups in total. The highest BCUT2D eigenvalue weighted by Crippen LogP contribution is 2.15. The van der Waals surface area contributed by atoms with E-state index >= 15 is 0 Å². The van der Waals surface area contributed by atoms with Gasteiger partial charge in [0.25, 0.3) is 5.91 Å². The second kappa shape index (κ2) is 8.28. The first-order valence-electron chi connectivity index (χ1n) is 8.30. The molecule has 0 bridgehead atoms. The van der Waals surface area contributed by atoms with Gasteiger partial charge in [0.05, 0.1) is 17.0 Å². The van der Waals surface area contributed by atoms with Crippen LogP contribution in [0.25, 0.3) is 0 Å². The first-order chi connectivity index (χ1) is 13.4. The number of carbonyl (C=O) groups is 1. The van der Waals surface area contributed by atoms with Crippen LogP contribution in [-0.4, -0.2) is 36.1 Å². The lowest BCUT2D eigenvalue weighted by atomic mass is 10.1. The number of sulfonamides is 1. The van der Waals surface area contributed by atoms with E-state index in [0.717, 1.165) is 29.3 Å². The summed E-state index contributed by atoms with van der Waals surface area (Å²) in [5.41, 5.74) is 1.49. The fourth-order valence-corrected chi connectivity index (χ4v) is 3.26. The smallest absolute Gasteiger partial charge is 0.254 e. The van der Waals surface area contributed by atoms with Crippen molar-refractivity contribution in [1.29, 1.82) is 0 Å². The Morgan fingerprint density at radius 3 is 2.50 bits per heavy atom. The Kier molecular flexibility index (Phi) is 5.81. The molecule has 1 heterocycles. The molecule has 0 saturated carbocycles. The van der Waals surface area contributed by atoms with E-state index in [1.165, 1.54) is 13.4 Å². The van der Waals surface area contributed by atoms with Gasteiger partial charge >= 0.3 is 0 Å². The van der Waals surface area contributed by atoms with Gasteiger partial charge in [0.15, 0.2) is 0 Å². The number of nitrogens with one attached hydrogen (secondary N) is 2. The number of nitrogens with zero attached hydrogens (tertiary/aromatic N) is 3. The van der Waals surface area contributed by atoms with E-state index in [-0.39, 0.29) is 17.0 Å². The van der Waals surface area contributed by atoms with Gasteiger partial charge < -0.3 is 5.32 Å². The van der Waals surface area contributed by atoms with Crippen LogP contribution in [0.1, 0.15) is 21.5 Å². The van der Waals surface area contributed by atoms with Crippen LogP contribution in [-0.2, 0) is 23.1 Å². The number of halogens is 1.